The lowest BCUT2D eigenvalue weighted by Crippen LogP contribution is -2.16. The molecule has 4 N–H and O–H groups in total. The van der Waals surface area contributed by atoms with Gasteiger partial charge in [-0.05, 0) is 44.0 Å². The molecule has 1 aromatic carbocycles. The molecule has 0 fully saturated rings. The van der Waals surface area contributed by atoms with Gasteiger partial charge in [-0.1, -0.05) is 0 Å². The van der Waals surface area contributed by atoms with Crippen LogP contribution in [0.25, 0.3) is 0 Å². The standard InChI is InChI=1S/C13H19N5O2S/c1-4-18-8-12(7-15-18)17-21(19,20)13-9(2)5-11(16-14)6-10(13)3/h5-8,16-17H,4,14H2,1-3H3. The van der Waals surface area contributed by atoms with E-state index in [0.29, 0.717) is 29.0 Å². The van der Waals surface area contributed by atoms with Crippen molar-refractivity contribution >= 4 is 21.4 Å². The third-order valence-electron chi connectivity index (χ3n) is 3.11. The average molecular weight is 309 g/mol. The summed E-state index contributed by atoms with van der Waals surface area (Å²) in [4.78, 5) is 0.255. The maximum atomic E-state index is 12.5. The number of hydrogen-bond donors (Lipinski definition) is 3. The zero-order chi connectivity index (χ0) is 15.6. The van der Waals surface area contributed by atoms with Gasteiger partial charge in [0.05, 0.1) is 16.8 Å². The number of benzene rings is 1. The number of nitrogens with two attached hydrogens (primary N) is 1. The zero-order valence-corrected chi connectivity index (χ0v) is 13.0. The Labute approximate surface area is 124 Å². The Morgan fingerprint density at radius 3 is 2.33 bits per heavy atom. The van der Waals surface area contributed by atoms with Crippen molar-refractivity contribution < 1.29 is 8.42 Å². The molecule has 0 spiro atoms. The molecule has 0 aliphatic rings. The van der Waals surface area contributed by atoms with Crippen LogP contribution in [0.5, 0.6) is 0 Å². The monoisotopic (exact) mass is 309 g/mol. The highest BCUT2D eigenvalue weighted by Crippen LogP contribution is 2.26. The van der Waals surface area contributed by atoms with Crippen molar-refractivity contribution in [3.8, 4) is 0 Å². The van der Waals surface area contributed by atoms with Gasteiger partial charge in [-0.3, -0.25) is 15.2 Å². The lowest BCUT2D eigenvalue weighted by atomic mass is 10.1. The Balaban J connectivity index is 2.40. The van der Waals surface area contributed by atoms with Crippen LogP contribution in [0.4, 0.5) is 11.4 Å². The van der Waals surface area contributed by atoms with Gasteiger partial charge >= 0.3 is 0 Å². The van der Waals surface area contributed by atoms with Gasteiger partial charge in [-0.25, -0.2) is 8.42 Å². The molecule has 1 aromatic heterocycles. The van der Waals surface area contributed by atoms with E-state index in [1.165, 1.54) is 6.20 Å². The number of aryl methyl sites for hydroxylation is 3. The molecule has 1 heterocycles. The van der Waals surface area contributed by atoms with Gasteiger partial charge in [0.25, 0.3) is 10.0 Å². The van der Waals surface area contributed by atoms with Crippen LogP contribution in [-0.4, -0.2) is 18.2 Å². The molecule has 114 valence electrons. The molecule has 2 aromatic rings. The number of nitrogens with one attached hydrogen (secondary N) is 2. The second-order valence-corrected chi connectivity index (χ2v) is 6.39. The van der Waals surface area contributed by atoms with Crippen molar-refractivity contribution in [3.63, 3.8) is 0 Å². The number of sulfonamides is 1. The Hall–Kier alpha value is -2.06. The van der Waals surface area contributed by atoms with Crippen LogP contribution in [0.1, 0.15) is 18.1 Å². The van der Waals surface area contributed by atoms with Gasteiger partial charge in [0.15, 0.2) is 0 Å². The summed E-state index contributed by atoms with van der Waals surface area (Å²) in [5, 5.41) is 4.05. The second kappa shape index (κ2) is 5.74. The van der Waals surface area contributed by atoms with Crippen molar-refractivity contribution in [3.05, 3.63) is 35.7 Å². The van der Waals surface area contributed by atoms with Gasteiger partial charge in [-0.15, -0.1) is 0 Å². The van der Waals surface area contributed by atoms with Crippen molar-refractivity contribution in [1.29, 1.82) is 0 Å². The molecule has 8 heteroatoms. The lowest BCUT2D eigenvalue weighted by Gasteiger charge is -2.13. The van der Waals surface area contributed by atoms with Crippen molar-refractivity contribution in [1.82, 2.24) is 9.78 Å². The van der Waals surface area contributed by atoms with E-state index in [2.05, 4.69) is 15.2 Å². The van der Waals surface area contributed by atoms with Crippen LogP contribution < -0.4 is 16.0 Å². The smallest absolute Gasteiger partial charge is 0.262 e. The van der Waals surface area contributed by atoms with Gasteiger partial charge in [0.2, 0.25) is 0 Å². The molecule has 0 unspecified atom stereocenters. The molecule has 0 amide bonds. The molecular formula is C13H19N5O2S. The first kappa shape index (κ1) is 15.3. The van der Waals surface area contributed by atoms with Gasteiger partial charge in [-0.2, -0.15) is 5.10 Å². The fraction of sp³-hybridized carbons (Fsp3) is 0.308. The first-order chi connectivity index (χ1) is 9.87. The molecule has 2 rings (SSSR count). The normalized spacial score (nSPS) is 11.4. The highest BCUT2D eigenvalue weighted by atomic mass is 32.2. The topological polar surface area (TPSA) is 102 Å². The molecule has 7 nitrogen and oxygen atoms in total. The Bertz CT molecular complexity index is 729. The molecule has 0 saturated heterocycles. The molecule has 0 radical (unpaired) electrons. The number of nitrogens with zero attached hydrogens (tertiary/aromatic N) is 2. The van der Waals surface area contributed by atoms with Crippen LogP contribution >= 0.6 is 0 Å². The summed E-state index contributed by atoms with van der Waals surface area (Å²) < 4.78 is 29.3. The highest BCUT2D eigenvalue weighted by Gasteiger charge is 2.21. The molecule has 0 aliphatic heterocycles. The van der Waals surface area contributed by atoms with E-state index in [9.17, 15) is 8.42 Å². The maximum absolute atomic E-state index is 12.5. The highest BCUT2D eigenvalue weighted by molar-refractivity contribution is 7.92. The summed E-state index contributed by atoms with van der Waals surface area (Å²) >= 11 is 0. The molecule has 0 aliphatic carbocycles. The average Bonchev–Trinajstić information content (AvgIpc) is 2.84. The number of hydrazine groups is 1. The minimum atomic E-state index is -3.67. The number of rotatable bonds is 5. The van der Waals surface area contributed by atoms with Gasteiger partial charge < -0.3 is 5.43 Å². The van der Waals surface area contributed by atoms with E-state index in [-0.39, 0.29) is 4.90 Å². The minimum absolute atomic E-state index is 0.255. The fourth-order valence-corrected chi connectivity index (χ4v) is 3.74. The first-order valence-electron chi connectivity index (χ1n) is 6.50. The predicted octanol–water partition coefficient (Wildman–Crippen LogP) is 1.61. The van der Waals surface area contributed by atoms with Crippen molar-refractivity contribution in [2.24, 2.45) is 5.84 Å². The Morgan fingerprint density at radius 2 is 1.86 bits per heavy atom. The Morgan fingerprint density at radius 1 is 1.24 bits per heavy atom. The third-order valence-corrected chi connectivity index (χ3v) is 4.79. The van der Waals surface area contributed by atoms with Gasteiger partial charge in [0.1, 0.15) is 0 Å². The summed E-state index contributed by atoms with van der Waals surface area (Å²) in [6, 6.07) is 3.38. The van der Waals surface area contributed by atoms with E-state index < -0.39 is 10.0 Å². The minimum Gasteiger partial charge on any atom is -0.324 e. The van der Waals surface area contributed by atoms with E-state index in [4.69, 9.17) is 5.84 Å². The summed E-state index contributed by atoms with van der Waals surface area (Å²) in [5.41, 5.74) is 4.88. The number of hydrogen-bond acceptors (Lipinski definition) is 5. The van der Waals surface area contributed by atoms with E-state index in [1.54, 1.807) is 36.9 Å². The molecule has 0 bridgehead atoms. The predicted molar refractivity (Wildman–Crippen MR) is 82.4 cm³/mol. The third kappa shape index (κ3) is 3.17. The second-order valence-electron chi connectivity index (χ2n) is 4.77. The van der Waals surface area contributed by atoms with Crippen molar-refractivity contribution in [2.45, 2.75) is 32.2 Å². The van der Waals surface area contributed by atoms with Gasteiger partial charge in [0, 0.05) is 18.4 Å². The van der Waals surface area contributed by atoms with Crippen LogP contribution in [0.15, 0.2) is 29.4 Å². The molecule has 0 atom stereocenters. The fourth-order valence-electron chi connectivity index (χ4n) is 2.25. The van der Waals surface area contributed by atoms with E-state index in [0.717, 1.165) is 0 Å². The van der Waals surface area contributed by atoms with Crippen LogP contribution in [0, 0.1) is 13.8 Å². The van der Waals surface area contributed by atoms with E-state index >= 15 is 0 Å². The van der Waals surface area contributed by atoms with Crippen LogP contribution in [0.3, 0.4) is 0 Å². The Kier molecular flexibility index (Phi) is 4.19. The number of nitrogen functional groups attached to an aromatic ring is 1. The molecular weight excluding hydrogens is 290 g/mol. The first-order valence-corrected chi connectivity index (χ1v) is 7.99. The molecule has 21 heavy (non-hydrogen) atoms. The lowest BCUT2D eigenvalue weighted by molar-refractivity contribution is 0.600. The number of anilines is 2. The SMILES string of the molecule is CCn1cc(NS(=O)(=O)c2c(C)cc(NN)cc2C)cn1. The largest absolute Gasteiger partial charge is 0.324 e. The molecule has 0 saturated carbocycles. The quantitative estimate of drug-likeness (QED) is 0.575. The summed E-state index contributed by atoms with van der Waals surface area (Å²) in [7, 11) is -3.67. The summed E-state index contributed by atoms with van der Waals surface area (Å²) in [6.45, 7) is 6.07. The van der Waals surface area contributed by atoms with Crippen molar-refractivity contribution in [2.75, 3.05) is 10.1 Å². The number of aromatic nitrogens is 2. The van der Waals surface area contributed by atoms with Crippen LogP contribution in [0.2, 0.25) is 0 Å². The maximum Gasteiger partial charge on any atom is 0.262 e. The van der Waals surface area contributed by atoms with E-state index in [1.807, 2.05) is 6.92 Å². The van der Waals surface area contributed by atoms with Crippen LogP contribution in [-0.2, 0) is 16.6 Å². The summed E-state index contributed by atoms with van der Waals surface area (Å²) in [6.07, 6.45) is 3.14. The summed E-state index contributed by atoms with van der Waals surface area (Å²) in [5.74, 6) is 5.36. The zero-order valence-electron chi connectivity index (χ0n) is 12.2.